The number of benzene rings is 1. The summed E-state index contributed by atoms with van der Waals surface area (Å²) in [6.45, 7) is 2.37. The first-order valence-electron chi connectivity index (χ1n) is 5.68. The lowest BCUT2D eigenvalue weighted by Gasteiger charge is -2.11. The molecule has 1 aromatic rings. The minimum Gasteiger partial charge on any atom is -0.481 e. The number of carbonyl (C=O) groups excluding carboxylic acids is 1. The van der Waals surface area contributed by atoms with Gasteiger partial charge < -0.3 is 5.11 Å². The highest BCUT2D eigenvalue weighted by atomic mass is 16.4. The Labute approximate surface area is 105 Å². The molecule has 1 amide bonds. The lowest BCUT2D eigenvalue weighted by Crippen LogP contribution is -2.20. The number of hydrazone groups is 1. The van der Waals surface area contributed by atoms with E-state index in [0.717, 1.165) is 11.1 Å². The van der Waals surface area contributed by atoms with Gasteiger partial charge in [0, 0.05) is 0 Å². The molecule has 0 fully saturated rings. The molecule has 0 bridgehead atoms. The summed E-state index contributed by atoms with van der Waals surface area (Å²) in [7, 11) is 0. The molecule has 0 saturated heterocycles. The van der Waals surface area contributed by atoms with Gasteiger partial charge in [-0.25, -0.2) is 5.01 Å². The summed E-state index contributed by atoms with van der Waals surface area (Å²) in [5.41, 5.74) is 2.53. The first-order valence-corrected chi connectivity index (χ1v) is 5.68. The molecule has 0 unspecified atom stereocenters. The summed E-state index contributed by atoms with van der Waals surface area (Å²) < 4.78 is 0. The molecule has 18 heavy (non-hydrogen) atoms. The van der Waals surface area contributed by atoms with E-state index in [9.17, 15) is 9.59 Å². The van der Waals surface area contributed by atoms with Crippen LogP contribution in [0.4, 0.5) is 0 Å². The monoisotopic (exact) mass is 246 g/mol. The lowest BCUT2D eigenvalue weighted by molar-refractivity contribution is -0.135. The SMILES string of the molecule is Cc1cccc(CN2N=C(CC(=O)O)CC2=O)c1. The van der Waals surface area contributed by atoms with E-state index >= 15 is 0 Å². The molecule has 0 atom stereocenters. The summed E-state index contributed by atoms with van der Waals surface area (Å²) >= 11 is 0. The standard InChI is InChI=1S/C13H14N2O3/c1-9-3-2-4-10(5-9)8-15-12(16)6-11(14-15)7-13(17)18/h2-5H,6-8H2,1H3,(H,17,18). The van der Waals surface area contributed by atoms with E-state index in [1.54, 1.807) is 0 Å². The van der Waals surface area contributed by atoms with Crippen molar-refractivity contribution in [3.05, 3.63) is 35.4 Å². The molecule has 1 N–H and O–H groups in total. The summed E-state index contributed by atoms with van der Waals surface area (Å²) in [5.74, 6) is -1.10. The molecule has 1 aromatic carbocycles. The fourth-order valence-corrected chi connectivity index (χ4v) is 1.91. The first-order chi connectivity index (χ1) is 8.54. The smallest absolute Gasteiger partial charge is 0.309 e. The molecule has 94 valence electrons. The van der Waals surface area contributed by atoms with E-state index in [1.807, 2.05) is 31.2 Å². The number of hydrogen-bond donors (Lipinski definition) is 1. The van der Waals surface area contributed by atoms with E-state index in [4.69, 9.17) is 5.11 Å². The predicted molar refractivity (Wildman–Crippen MR) is 66.0 cm³/mol. The minimum absolute atomic E-state index is 0.109. The third-order valence-corrected chi connectivity index (χ3v) is 2.68. The number of carboxylic acids is 1. The zero-order valence-corrected chi connectivity index (χ0v) is 10.1. The number of carboxylic acid groups (broad SMARTS) is 1. The second-order valence-corrected chi connectivity index (χ2v) is 4.35. The number of aliphatic carboxylic acids is 1. The number of hydrogen-bond acceptors (Lipinski definition) is 3. The van der Waals surface area contributed by atoms with Crippen LogP contribution in [0.3, 0.4) is 0 Å². The average molecular weight is 246 g/mol. The number of aryl methyl sites for hydroxylation is 1. The Balaban J connectivity index is 2.07. The minimum atomic E-state index is -0.959. The van der Waals surface area contributed by atoms with E-state index < -0.39 is 5.97 Å². The normalized spacial score (nSPS) is 14.8. The Morgan fingerprint density at radius 1 is 1.50 bits per heavy atom. The highest BCUT2D eigenvalue weighted by molar-refractivity contribution is 6.10. The number of rotatable bonds is 4. The lowest BCUT2D eigenvalue weighted by atomic mass is 10.1. The Morgan fingerprint density at radius 3 is 2.94 bits per heavy atom. The molecular formula is C13H14N2O3. The van der Waals surface area contributed by atoms with Crippen molar-refractivity contribution >= 4 is 17.6 Å². The fraction of sp³-hybridized carbons (Fsp3) is 0.308. The Kier molecular flexibility index (Phi) is 3.41. The van der Waals surface area contributed by atoms with Crippen molar-refractivity contribution in [2.75, 3.05) is 0 Å². The maximum absolute atomic E-state index is 11.7. The highest BCUT2D eigenvalue weighted by Crippen LogP contribution is 2.15. The van der Waals surface area contributed by atoms with Crippen LogP contribution in [0.5, 0.6) is 0 Å². The summed E-state index contributed by atoms with van der Waals surface area (Å²) in [5, 5.41) is 14.1. The number of nitrogens with zero attached hydrogens (tertiary/aromatic N) is 2. The summed E-state index contributed by atoms with van der Waals surface area (Å²) in [6.07, 6.45) is -0.0613. The maximum atomic E-state index is 11.7. The molecule has 0 aliphatic carbocycles. The van der Waals surface area contributed by atoms with Crippen LogP contribution in [-0.4, -0.2) is 27.7 Å². The largest absolute Gasteiger partial charge is 0.481 e. The molecule has 0 saturated carbocycles. The van der Waals surface area contributed by atoms with Crippen molar-refractivity contribution in [1.82, 2.24) is 5.01 Å². The second-order valence-electron chi connectivity index (χ2n) is 4.35. The van der Waals surface area contributed by atoms with E-state index in [0.29, 0.717) is 12.3 Å². The van der Waals surface area contributed by atoms with Crippen molar-refractivity contribution in [1.29, 1.82) is 0 Å². The third kappa shape index (κ3) is 2.94. The molecular weight excluding hydrogens is 232 g/mol. The third-order valence-electron chi connectivity index (χ3n) is 2.68. The molecule has 2 rings (SSSR count). The zero-order chi connectivity index (χ0) is 13.1. The van der Waals surface area contributed by atoms with Gasteiger partial charge in [0.1, 0.15) is 0 Å². The van der Waals surface area contributed by atoms with Crippen molar-refractivity contribution < 1.29 is 14.7 Å². The number of amides is 1. The first kappa shape index (κ1) is 12.3. The average Bonchev–Trinajstić information content (AvgIpc) is 2.58. The van der Waals surface area contributed by atoms with Crippen molar-refractivity contribution in [2.45, 2.75) is 26.3 Å². The highest BCUT2D eigenvalue weighted by Gasteiger charge is 2.24. The van der Waals surface area contributed by atoms with E-state index in [1.165, 1.54) is 5.01 Å². The van der Waals surface area contributed by atoms with Gasteiger partial charge >= 0.3 is 5.97 Å². The quantitative estimate of drug-likeness (QED) is 0.876. The second kappa shape index (κ2) is 5.00. The van der Waals surface area contributed by atoms with Crippen LogP contribution in [0.15, 0.2) is 29.4 Å². The van der Waals surface area contributed by atoms with Crippen LogP contribution < -0.4 is 0 Å². The van der Waals surface area contributed by atoms with E-state index in [-0.39, 0.29) is 18.7 Å². The number of carbonyl (C=O) groups is 2. The van der Waals surface area contributed by atoms with Gasteiger partial charge in [-0.1, -0.05) is 29.8 Å². The molecule has 1 heterocycles. The van der Waals surface area contributed by atoms with Gasteiger partial charge in [-0.2, -0.15) is 5.10 Å². The van der Waals surface area contributed by atoms with Crippen molar-refractivity contribution in [3.8, 4) is 0 Å². The van der Waals surface area contributed by atoms with Crippen LogP contribution in [0.25, 0.3) is 0 Å². The summed E-state index contributed by atoms with van der Waals surface area (Å²) in [4.78, 5) is 22.2. The van der Waals surface area contributed by atoms with Gasteiger partial charge in [0.15, 0.2) is 0 Å². The van der Waals surface area contributed by atoms with Crippen LogP contribution in [0, 0.1) is 6.92 Å². The molecule has 5 nitrogen and oxygen atoms in total. The van der Waals surface area contributed by atoms with Crippen LogP contribution in [0.2, 0.25) is 0 Å². The van der Waals surface area contributed by atoms with Crippen LogP contribution in [-0.2, 0) is 16.1 Å². The summed E-state index contributed by atoms with van der Waals surface area (Å²) in [6, 6.07) is 7.81. The zero-order valence-electron chi connectivity index (χ0n) is 10.1. The van der Waals surface area contributed by atoms with Crippen LogP contribution in [0.1, 0.15) is 24.0 Å². The molecule has 0 radical (unpaired) electrons. The molecule has 5 heteroatoms. The van der Waals surface area contributed by atoms with Gasteiger partial charge in [-0.3, -0.25) is 9.59 Å². The van der Waals surface area contributed by atoms with Gasteiger partial charge in [-0.05, 0) is 12.5 Å². The molecule has 1 aliphatic rings. The van der Waals surface area contributed by atoms with Gasteiger partial charge in [0.05, 0.1) is 25.1 Å². The molecule has 0 aromatic heterocycles. The Bertz CT molecular complexity index is 523. The van der Waals surface area contributed by atoms with E-state index in [2.05, 4.69) is 5.10 Å². The van der Waals surface area contributed by atoms with Gasteiger partial charge in [0.25, 0.3) is 0 Å². The predicted octanol–water partition coefficient (Wildman–Crippen LogP) is 1.56. The van der Waals surface area contributed by atoms with Gasteiger partial charge in [-0.15, -0.1) is 0 Å². The van der Waals surface area contributed by atoms with Crippen LogP contribution >= 0.6 is 0 Å². The maximum Gasteiger partial charge on any atom is 0.309 e. The molecule has 0 spiro atoms. The Hall–Kier alpha value is -2.17. The van der Waals surface area contributed by atoms with Gasteiger partial charge in [0.2, 0.25) is 5.91 Å². The topological polar surface area (TPSA) is 70.0 Å². The fourth-order valence-electron chi connectivity index (χ4n) is 1.91. The Morgan fingerprint density at radius 2 is 2.28 bits per heavy atom. The van der Waals surface area contributed by atoms with Crippen molar-refractivity contribution in [3.63, 3.8) is 0 Å². The molecule has 1 aliphatic heterocycles. The van der Waals surface area contributed by atoms with Crippen molar-refractivity contribution in [2.24, 2.45) is 5.10 Å².